The van der Waals surface area contributed by atoms with Gasteiger partial charge in [-0.05, 0) is 68.9 Å². The first-order valence-corrected chi connectivity index (χ1v) is 8.90. The van der Waals surface area contributed by atoms with E-state index >= 15 is 0 Å². The second-order valence-electron chi connectivity index (χ2n) is 4.64. The number of halogens is 2. The highest BCUT2D eigenvalue weighted by Crippen LogP contribution is 2.27. The normalized spacial score (nSPS) is 10.6. The van der Waals surface area contributed by atoms with Gasteiger partial charge < -0.3 is 9.84 Å². The standard InChI is InChI=1S/C15H11I2N3O5/c16-10-5-9(6-11(17)15(10)22)7-18-19-14(21)8-25-13-4-2-1-3-12(13)20(23)24/h1-7,22H,8H2,(H,19,21)/b18-7+. The summed E-state index contributed by atoms with van der Waals surface area (Å²) in [7, 11) is 0. The minimum absolute atomic E-state index is 0.00858. The number of carbonyl (C=O) groups is 1. The van der Waals surface area contributed by atoms with Gasteiger partial charge >= 0.3 is 5.69 Å². The molecule has 2 aromatic carbocycles. The second kappa shape index (κ2) is 8.94. The number of nitro groups is 1. The molecule has 0 fully saturated rings. The van der Waals surface area contributed by atoms with Crippen molar-refractivity contribution in [3.05, 3.63) is 59.2 Å². The van der Waals surface area contributed by atoms with E-state index in [0.717, 1.165) is 0 Å². The number of phenols is 1. The Morgan fingerprint density at radius 3 is 2.60 bits per heavy atom. The number of ether oxygens (including phenoxy) is 1. The number of rotatable bonds is 6. The molecule has 0 aliphatic heterocycles. The number of carbonyl (C=O) groups excluding carboxylic acids is 1. The van der Waals surface area contributed by atoms with Crippen molar-refractivity contribution in [2.24, 2.45) is 5.10 Å². The van der Waals surface area contributed by atoms with Gasteiger partial charge in [-0.3, -0.25) is 14.9 Å². The Hall–Kier alpha value is -1.96. The van der Waals surface area contributed by atoms with Crippen LogP contribution in [0.15, 0.2) is 41.5 Å². The largest absolute Gasteiger partial charge is 0.506 e. The van der Waals surface area contributed by atoms with Crippen LogP contribution in [-0.4, -0.2) is 28.8 Å². The van der Waals surface area contributed by atoms with Gasteiger partial charge in [0.25, 0.3) is 5.91 Å². The topological polar surface area (TPSA) is 114 Å². The van der Waals surface area contributed by atoms with E-state index in [1.807, 2.05) is 45.2 Å². The Morgan fingerprint density at radius 1 is 1.32 bits per heavy atom. The smallest absolute Gasteiger partial charge is 0.310 e. The zero-order valence-electron chi connectivity index (χ0n) is 12.5. The molecule has 0 aliphatic rings. The van der Waals surface area contributed by atoms with E-state index in [1.54, 1.807) is 18.2 Å². The molecule has 25 heavy (non-hydrogen) atoms. The third-order valence-corrected chi connectivity index (χ3v) is 4.51. The molecule has 2 aromatic rings. The van der Waals surface area contributed by atoms with Crippen LogP contribution < -0.4 is 10.2 Å². The number of benzene rings is 2. The lowest BCUT2D eigenvalue weighted by molar-refractivity contribution is -0.385. The molecule has 0 aliphatic carbocycles. The summed E-state index contributed by atoms with van der Waals surface area (Å²) in [6.45, 7) is -0.410. The Balaban J connectivity index is 1.92. The number of nitrogens with one attached hydrogen (secondary N) is 1. The lowest BCUT2D eigenvalue weighted by Crippen LogP contribution is -2.24. The second-order valence-corrected chi connectivity index (χ2v) is 6.96. The quantitative estimate of drug-likeness (QED) is 0.241. The Kier molecular flexibility index (Phi) is 6.92. The number of amides is 1. The van der Waals surface area contributed by atoms with Crippen LogP contribution in [0.5, 0.6) is 11.5 Å². The highest BCUT2D eigenvalue weighted by molar-refractivity contribution is 14.1. The monoisotopic (exact) mass is 567 g/mol. The summed E-state index contributed by atoms with van der Waals surface area (Å²) in [6.07, 6.45) is 1.42. The molecule has 0 radical (unpaired) electrons. The van der Waals surface area contributed by atoms with Crippen LogP contribution in [0.3, 0.4) is 0 Å². The van der Waals surface area contributed by atoms with Gasteiger partial charge in [-0.2, -0.15) is 5.10 Å². The molecule has 0 atom stereocenters. The lowest BCUT2D eigenvalue weighted by atomic mass is 10.2. The number of aromatic hydroxyl groups is 1. The SMILES string of the molecule is O=C(COc1ccccc1[N+](=O)[O-])N/N=C/c1cc(I)c(O)c(I)c1. The van der Waals surface area contributed by atoms with E-state index in [2.05, 4.69) is 10.5 Å². The first kappa shape index (κ1) is 19.4. The maximum Gasteiger partial charge on any atom is 0.310 e. The predicted molar refractivity (Wildman–Crippen MR) is 108 cm³/mol. The van der Waals surface area contributed by atoms with Crippen LogP contribution in [-0.2, 0) is 4.79 Å². The molecule has 0 bridgehead atoms. The molecule has 1 amide bonds. The van der Waals surface area contributed by atoms with Gasteiger partial charge in [-0.25, -0.2) is 5.43 Å². The molecular formula is C15H11I2N3O5. The molecule has 0 saturated carbocycles. The van der Waals surface area contributed by atoms with Crippen molar-refractivity contribution in [1.29, 1.82) is 0 Å². The first-order chi connectivity index (χ1) is 11.9. The zero-order chi connectivity index (χ0) is 18.4. The lowest BCUT2D eigenvalue weighted by Gasteiger charge is -2.05. The number of para-hydroxylation sites is 2. The first-order valence-electron chi connectivity index (χ1n) is 6.74. The molecule has 8 nitrogen and oxygen atoms in total. The molecule has 2 N–H and O–H groups in total. The van der Waals surface area contributed by atoms with Crippen LogP contribution in [0, 0.1) is 17.3 Å². The zero-order valence-corrected chi connectivity index (χ0v) is 16.8. The maximum atomic E-state index is 11.7. The van der Waals surface area contributed by atoms with Crippen LogP contribution >= 0.6 is 45.2 Å². The van der Waals surface area contributed by atoms with Gasteiger partial charge in [0.15, 0.2) is 12.4 Å². The fourth-order valence-corrected chi connectivity index (χ4v) is 3.56. The number of hydrazone groups is 1. The van der Waals surface area contributed by atoms with Crippen LogP contribution in [0.2, 0.25) is 0 Å². The number of nitrogens with zero attached hydrogens (tertiary/aromatic N) is 2. The Labute approximate surface area is 169 Å². The summed E-state index contributed by atoms with van der Waals surface area (Å²) >= 11 is 3.98. The van der Waals surface area contributed by atoms with Crippen molar-refractivity contribution < 1.29 is 19.6 Å². The molecule has 0 unspecified atom stereocenters. The summed E-state index contributed by atoms with van der Waals surface area (Å²) in [5, 5.41) is 24.3. The predicted octanol–water partition coefficient (Wildman–Crippen LogP) is 3.04. The van der Waals surface area contributed by atoms with E-state index in [4.69, 9.17) is 4.74 Å². The van der Waals surface area contributed by atoms with Crippen molar-refractivity contribution >= 4 is 63.0 Å². The highest BCUT2D eigenvalue weighted by Gasteiger charge is 2.14. The van der Waals surface area contributed by atoms with Crippen molar-refractivity contribution in [2.75, 3.05) is 6.61 Å². The van der Waals surface area contributed by atoms with Crippen molar-refractivity contribution in [3.8, 4) is 11.5 Å². The number of nitro benzene ring substituents is 1. The molecule has 2 rings (SSSR count). The van der Waals surface area contributed by atoms with Gasteiger partial charge in [0, 0.05) is 6.07 Å². The van der Waals surface area contributed by atoms with Crippen molar-refractivity contribution in [2.45, 2.75) is 0 Å². The number of phenolic OH excluding ortho intramolecular Hbond substituents is 1. The van der Waals surface area contributed by atoms with Gasteiger partial charge in [0.2, 0.25) is 0 Å². The van der Waals surface area contributed by atoms with E-state index in [9.17, 15) is 20.0 Å². The van der Waals surface area contributed by atoms with Gasteiger partial charge in [-0.15, -0.1) is 0 Å². The van der Waals surface area contributed by atoms with Crippen LogP contribution in [0.1, 0.15) is 5.56 Å². The minimum Gasteiger partial charge on any atom is -0.506 e. The van der Waals surface area contributed by atoms with E-state index in [1.165, 1.54) is 24.4 Å². The fraction of sp³-hybridized carbons (Fsp3) is 0.0667. The average Bonchev–Trinajstić information content (AvgIpc) is 2.58. The summed E-state index contributed by atoms with van der Waals surface area (Å²) < 4.78 is 6.48. The van der Waals surface area contributed by atoms with Crippen molar-refractivity contribution in [3.63, 3.8) is 0 Å². The van der Waals surface area contributed by atoms with Crippen molar-refractivity contribution in [1.82, 2.24) is 5.43 Å². The molecule has 0 spiro atoms. The third kappa shape index (κ3) is 5.52. The summed E-state index contributed by atoms with van der Waals surface area (Å²) in [6, 6.07) is 9.20. The van der Waals surface area contributed by atoms with Crippen LogP contribution in [0.4, 0.5) is 5.69 Å². The Bertz CT molecular complexity index is 819. The summed E-state index contributed by atoms with van der Waals surface area (Å²) in [5.74, 6) is -0.355. The maximum absolute atomic E-state index is 11.7. The van der Waals surface area contributed by atoms with Crippen LogP contribution in [0.25, 0.3) is 0 Å². The van der Waals surface area contributed by atoms with Gasteiger partial charge in [0.1, 0.15) is 5.75 Å². The summed E-state index contributed by atoms with van der Waals surface area (Å²) in [4.78, 5) is 22.0. The van der Waals surface area contributed by atoms with E-state index in [-0.39, 0.29) is 17.2 Å². The summed E-state index contributed by atoms with van der Waals surface area (Å²) in [5.41, 5.74) is 2.76. The molecule has 0 saturated heterocycles. The molecular weight excluding hydrogens is 556 g/mol. The average molecular weight is 567 g/mol. The minimum atomic E-state index is -0.584. The molecule has 130 valence electrons. The third-order valence-electron chi connectivity index (χ3n) is 2.86. The molecule has 0 heterocycles. The highest BCUT2D eigenvalue weighted by atomic mass is 127. The molecule has 0 aromatic heterocycles. The molecule has 10 heteroatoms. The van der Waals surface area contributed by atoms with E-state index in [0.29, 0.717) is 12.7 Å². The Morgan fingerprint density at radius 2 is 1.96 bits per heavy atom. The van der Waals surface area contributed by atoms with E-state index < -0.39 is 17.4 Å². The van der Waals surface area contributed by atoms with Gasteiger partial charge in [-0.1, -0.05) is 12.1 Å². The van der Waals surface area contributed by atoms with Gasteiger partial charge in [0.05, 0.1) is 18.3 Å². The number of hydrogen-bond donors (Lipinski definition) is 2. The number of hydrogen-bond acceptors (Lipinski definition) is 6. The fourth-order valence-electron chi connectivity index (χ4n) is 1.74.